The summed E-state index contributed by atoms with van der Waals surface area (Å²) in [6.45, 7) is 11.2. The normalized spacial score (nSPS) is 11.4. The van der Waals surface area contributed by atoms with E-state index in [1.54, 1.807) is 6.07 Å². The van der Waals surface area contributed by atoms with Crippen molar-refractivity contribution in [1.82, 2.24) is 0 Å². The van der Waals surface area contributed by atoms with Crippen LogP contribution in [0.2, 0.25) is 0 Å². The fraction of sp³-hybridized carbons (Fsp3) is 0.647. The van der Waals surface area contributed by atoms with Crippen LogP contribution in [0.15, 0.2) is 18.2 Å². The molecule has 1 aromatic carbocycles. The third kappa shape index (κ3) is 5.91. The Labute approximate surface area is 123 Å². The summed E-state index contributed by atoms with van der Waals surface area (Å²) in [6.07, 6.45) is 2.24. The monoisotopic (exact) mass is 280 g/mol. The van der Waals surface area contributed by atoms with E-state index < -0.39 is 0 Å². The Hall–Kier alpha value is -1.09. The number of halogens is 1. The topological polar surface area (TPSA) is 29.3 Å². The molecule has 1 aromatic rings. The second-order valence-electron chi connectivity index (χ2n) is 6.37. The summed E-state index contributed by atoms with van der Waals surface area (Å²) in [5, 5.41) is 0. The molecule has 0 aliphatic rings. The van der Waals surface area contributed by atoms with Crippen molar-refractivity contribution in [3.8, 4) is 0 Å². The van der Waals surface area contributed by atoms with Crippen LogP contribution in [0.25, 0.3) is 0 Å². The molecule has 0 saturated carbocycles. The summed E-state index contributed by atoms with van der Waals surface area (Å²) >= 11 is 0. The third-order valence-corrected chi connectivity index (χ3v) is 3.50. The number of hydrogen-bond acceptors (Lipinski definition) is 2. The standard InChI is InChI=1S/C17H29FN2/c1-13(2)5-7-20(8-6-14(3)4)17-10-15(12-19)9-16(18)11-17/h9-11,13-14H,5-8,12,19H2,1-4H3. The molecule has 2 N–H and O–H groups in total. The third-order valence-electron chi connectivity index (χ3n) is 3.50. The molecular weight excluding hydrogens is 251 g/mol. The van der Waals surface area contributed by atoms with Gasteiger partial charge in [-0.15, -0.1) is 0 Å². The van der Waals surface area contributed by atoms with Gasteiger partial charge in [0.15, 0.2) is 0 Å². The predicted octanol–water partition coefficient (Wildman–Crippen LogP) is 4.18. The highest BCUT2D eigenvalue weighted by Gasteiger charge is 2.10. The molecule has 0 spiro atoms. The van der Waals surface area contributed by atoms with Gasteiger partial charge in [-0.25, -0.2) is 4.39 Å². The zero-order chi connectivity index (χ0) is 15.1. The van der Waals surface area contributed by atoms with E-state index >= 15 is 0 Å². The van der Waals surface area contributed by atoms with Crippen molar-refractivity contribution in [3.05, 3.63) is 29.6 Å². The molecule has 3 heteroatoms. The second kappa shape index (κ2) is 8.25. The van der Waals surface area contributed by atoms with E-state index in [9.17, 15) is 4.39 Å². The summed E-state index contributed by atoms with van der Waals surface area (Å²) in [4.78, 5) is 2.29. The Kier molecular flexibility index (Phi) is 7.00. The van der Waals surface area contributed by atoms with E-state index in [2.05, 4.69) is 32.6 Å². The highest BCUT2D eigenvalue weighted by atomic mass is 19.1. The largest absolute Gasteiger partial charge is 0.371 e. The van der Waals surface area contributed by atoms with Gasteiger partial charge in [-0.3, -0.25) is 0 Å². The molecule has 0 unspecified atom stereocenters. The molecular formula is C17H29FN2. The van der Waals surface area contributed by atoms with Crippen LogP contribution in [-0.4, -0.2) is 13.1 Å². The van der Waals surface area contributed by atoms with Crippen LogP contribution in [0, 0.1) is 17.7 Å². The van der Waals surface area contributed by atoms with Crippen molar-refractivity contribution < 1.29 is 4.39 Å². The first-order chi connectivity index (χ1) is 9.42. The first kappa shape index (κ1) is 17.0. The highest BCUT2D eigenvalue weighted by molar-refractivity contribution is 5.49. The minimum absolute atomic E-state index is 0.193. The molecule has 0 bridgehead atoms. The number of rotatable bonds is 8. The van der Waals surface area contributed by atoms with E-state index in [4.69, 9.17) is 5.73 Å². The molecule has 1 rings (SSSR count). The zero-order valence-corrected chi connectivity index (χ0v) is 13.3. The van der Waals surface area contributed by atoms with E-state index in [1.807, 2.05) is 6.07 Å². The molecule has 0 heterocycles. The molecule has 0 radical (unpaired) electrons. The van der Waals surface area contributed by atoms with Gasteiger partial charge in [0.1, 0.15) is 5.82 Å². The summed E-state index contributed by atoms with van der Waals surface area (Å²) in [6, 6.07) is 5.16. The lowest BCUT2D eigenvalue weighted by molar-refractivity contribution is 0.534. The number of hydrogen-bond donors (Lipinski definition) is 1. The number of benzene rings is 1. The molecule has 0 saturated heterocycles. The SMILES string of the molecule is CC(C)CCN(CCC(C)C)c1cc(F)cc(CN)c1. The molecule has 0 amide bonds. The van der Waals surface area contributed by atoms with Crippen LogP contribution in [-0.2, 0) is 6.54 Å². The quantitative estimate of drug-likeness (QED) is 0.774. The average Bonchev–Trinajstić information content (AvgIpc) is 2.37. The van der Waals surface area contributed by atoms with Gasteiger partial charge in [-0.05, 0) is 48.4 Å². The maximum Gasteiger partial charge on any atom is 0.125 e. The lowest BCUT2D eigenvalue weighted by Gasteiger charge is -2.27. The van der Waals surface area contributed by atoms with Crippen LogP contribution in [0.1, 0.15) is 46.1 Å². The second-order valence-corrected chi connectivity index (χ2v) is 6.37. The van der Waals surface area contributed by atoms with Gasteiger partial charge in [-0.1, -0.05) is 27.7 Å². The van der Waals surface area contributed by atoms with E-state index in [1.165, 1.54) is 6.07 Å². The molecule has 0 aliphatic heterocycles. The molecule has 0 atom stereocenters. The summed E-state index contributed by atoms with van der Waals surface area (Å²) < 4.78 is 13.7. The lowest BCUT2D eigenvalue weighted by Crippen LogP contribution is -2.27. The summed E-state index contributed by atoms with van der Waals surface area (Å²) in [5.41, 5.74) is 7.47. The molecule has 20 heavy (non-hydrogen) atoms. The molecule has 0 fully saturated rings. The Morgan fingerprint density at radius 3 is 2.00 bits per heavy atom. The van der Waals surface area contributed by atoms with Gasteiger partial charge < -0.3 is 10.6 Å². The zero-order valence-electron chi connectivity index (χ0n) is 13.3. The maximum atomic E-state index is 13.7. The Morgan fingerprint density at radius 1 is 1.00 bits per heavy atom. The number of nitrogens with two attached hydrogens (primary N) is 1. The van der Waals surface area contributed by atoms with E-state index in [-0.39, 0.29) is 5.82 Å². The first-order valence-electron chi connectivity index (χ1n) is 7.66. The molecule has 0 aromatic heterocycles. The smallest absolute Gasteiger partial charge is 0.125 e. The molecule has 0 aliphatic carbocycles. The van der Waals surface area contributed by atoms with Crippen molar-refractivity contribution in [2.75, 3.05) is 18.0 Å². The fourth-order valence-electron chi connectivity index (χ4n) is 2.13. The van der Waals surface area contributed by atoms with Crippen molar-refractivity contribution in [3.63, 3.8) is 0 Å². The predicted molar refractivity (Wildman–Crippen MR) is 85.4 cm³/mol. The van der Waals surface area contributed by atoms with Crippen LogP contribution < -0.4 is 10.6 Å². The molecule has 114 valence electrons. The van der Waals surface area contributed by atoms with Crippen molar-refractivity contribution in [2.45, 2.75) is 47.1 Å². The van der Waals surface area contributed by atoms with Crippen molar-refractivity contribution in [1.29, 1.82) is 0 Å². The van der Waals surface area contributed by atoms with Crippen LogP contribution in [0.4, 0.5) is 10.1 Å². The highest BCUT2D eigenvalue weighted by Crippen LogP contribution is 2.21. The number of nitrogens with zero attached hydrogens (tertiary/aromatic N) is 1. The van der Waals surface area contributed by atoms with Crippen LogP contribution in [0.3, 0.4) is 0 Å². The van der Waals surface area contributed by atoms with Gasteiger partial charge in [0.05, 0.1) is 0 Å². The van der Waals surface area contributed by atoms with Crippen molar-refractivity contribution in [2.24, 2.45) is 17.6 Å². The van der Waals surface area contributed by atoms with Gasteiger partial charge in [0.2, 0.25) is 0 Å². The number of anilines is 1. The van der Waals surface area contributed by atoms with E-state index in [0.717, 1.165) is 37.2 Å². The van der Waals surface area contributed by atoms with Crippen molar-refractivity contribution >= 4 is 5.69 Å². The first-order valence-corrected chi connectivity index (χ1v) is 7.66. The minimum atomic E-state index is -0.193. The average molecular weight is 280 g/mol. The van der Waals surface area contributed by atoms with Gasteiger partial charge in [0.25, 0.3) is 0 Å². The summed E-state index contributed by atoms with van der Waals surface area (Å²) in [7, 11) is 0. The summed E-state index contributed by atoms with van der Waals surface area (Å²) in [5.74, 6) is 1.11. The minimum Gasteiger partial charge on any atom is -0.371 e. The Bertz CT molecular complexity index is 390. The Balaban J connectivity index is 2.86. The van der Waals surface area contributed by atoms with Crippen LogP contribution >= 0.6 is 0 Å². The maximum absolute atomic E-state index is 13.7. The lowest BCUT2D eigenvalue weighted by atomic mass is 10.1. The molecule has 2 nitrogen and oxygen atoms in total. The van der Waals surface area contributed by atoms with Gasteiger partial charge >= 0.3 is 0 Å². The van der Waals surface area contributed by atoms with Gasteiger partial charge in [0, 0.05) is 25.3 Å². The van der Waals surface area contributed by atoms with Gasteiger partial charge in [-0.2, -0.15) is 0 Å². The fourth-order valence-corrected chi connectivity index (χ4v) is 2.13. The van der Waals surface area contributed by atoms with E-state index in [0.29, 0.717) is 18.4 Å². The Morgan fingerprint density at radius 2 is 1.55 bits per heavy atom. The van der Waals surface area contributed by atoms with Crippen LogP contribution in [0.5, 0.6) is 0 Å².